The fourth-order valence-corrected chi connectivity index (χ4v) is 8.61. The minimum absolute atomic E-state index is 0.253. The van der Waals surface area contributed by atoms with Gasteiger partial charge in [-0.25, -0.2) is 0 Å². The highest BCUT2D eigenvalue weighted by Gasteiger charge is 2.61. The highest BCUT2D eigenvalue weighted by Crippen LogP contribution is 2.68. The topological polar surface area (TPSA) is 37.3 Å². The molecular formula is C23H35IO2. The number of carbonyl (C=O) groups is 1. The number of rotatable bonds is 3. The normalized spacial score (nSPS) is 53.3. The summed E-state index contributed by atoms with van der Waals surface area (Å²) in [5.41, 5.74) is -0.000658. The maximum absolute atomic E-state index is 12.6. The molecule has 2 nitrogen and oxygen atoms in total. The van der Waals surface area contributed by atoms with Crippen LogP contribution in [0, 0.1) is 40.4 Å². The van der Waals surface area contributed by atoms with Crippen LogP contribution in [-0.4, -0.2) is 20.9 Å². The lowest BCUT2D eigenvalue weighted by Gasteiger charge is -2.61. The zero-order valence-corrected chi connectivity index (χ0v) is 18.6. The van der Waals surface area contributed by atoms with Crippen LogP contribution in [0.5, 0.6) is 0 Å². The molecule has 26 heavy (non-hydrogen) atoms. The number of Topliss-reactive ketones (excluding diaryl/α,β-unsaturated/α-hetero) is 1. The lowest BCUT2D eigenvalue weighted by molar-refractivity contribution is -0.145. The summed E-state index contributed by atoms with van der Waals surface area (Å²) in [7, 11) is 0. The highest BCUT2D eigenvalue weighted by atomic mass is 127. The fourth-order valence-electron chi connectivity index (χ4n) is 8.08. The van der Waals surface area contributed by atoms with Crippen molar-refractivity contribution in [1.29, 1.82) is 0 Å². The number of fused-ring (bicyclic) bond motifs is 5. The SMILES string of the molecule is C=C[C@@]1(O)CC[C@@]2(C)[C@@H](CC[C@@H]3[C@@H]2CC[C@]2(C)[C@@H](C(=O)CI)CC[C@@H]32)C1. The summed E-state index contributed by atoms with van der Waals surface area (Å²) in [6.07, 6.45) is 12.2. The van der Waals surface area contributed by atoms with Crippen LogP contribution in [0.3, 0.4) is 0 Å². The van der Waals surface area contributed by atoms with Crippen LogP contribution in [0.4, 0.5) is 0 Å². The van der Waals surface area contributed by atoms with Crippen molar-refractivity contribution >= 4 is 28.4 Å². The Morgan fingerprint density at radius 2 is 1.81 bits per heavy atom. The molecule has 0 amide bonds. The van der Waals surface area contributed by atoms with E-state index in [1.165, 1.54) is 32.1 Å². The first-order chi connectivity index (χ1) is 12.3. The summed E-state index contributed by atoms with van der Waals surface area (Å²) < 4.78 is 0.679. The second-order valence-electron chi connectivity index (χ2n) is 10.4. The van der Waals surface area contributed by atoms with Crippen LogP contribution in [0.15, 0.2) is 12.7 Å². The second kappa shape index (κ2) is 6.57. The Morgan fingerprint density at radius 1 is 1.08 bits per heavy atom. The Hall–Kier alpha value is 0.100. The van der Waals surface area contributed by atoms with Gasteiger partial charge in [-0.1, -0.05) is 42.5 Å². The Balaban J connectivity index is 1.59. The predicted octanol–water partition coefficient (Wildman–Crippen LogP) is 5.57. The van der Waals surface area contributed by atoms with Gasteiger partial charge < -0.3 is 5.11 Å². The van der Waals surface area contributed by atoms with Gasteiger partial charge in [0.25, 0.3) is 0 Å². The molecule has 1 N–H and O–H groups in total. The lowest BCUT2D eigenvalue weighted by Crippen LogP contribution is -2.55. The standard InChI is InChI=1S/C23H35IO2/c1-4-23(26)12-11-21(2)15(13-23)5-6-16-17-7-8-19(20(25)14-24)22(17,3)10-9-18(16)21/h4,15-19,26H,1,5-14H2,2-3H3/t15-,16-,17-,18-,19+,21-,22-,23+/m0/s1. The van der Waals surface area contributed by atoms with Gasteiger partial charge >= 0.3 is 0 Å². The Bertz CT molecular complexity index is 603. The molecule has 4 rings (SSSR count). The van der Waals surface area contributed by atoms with Gasteiger partial charge in [-0.15, -0.1) is 6.58 Å². The van der Waals surface area contributed by atoms with Gasteiger partial charge in [0.2, 0.25) is 0 Å². The summed E-state index contributed by atoms with van der Waals surface area (Å²) in [6, 6.07) is 0. The van der Waals surface area contributed by atoms with Crippen LogP contribution in [-0.2, 0) is 4.79 Å². The number of aliphatic hydroxyl groups is 1. The number of alkyl halides is 1. The maximum atomic E-state index is 12.6. The molecule has 0 aromatic carbocycles. The summed E-state index contributed by atoms with van der Waals surface area (Å²) in [4.78, 5) is 12.6. The van der Waals surface area contributed by atoms with Crippen LogP contribution < -0.4 is 0 Å². The molecule has 0 spiro atoms. The third-order valence-electron chi connectivity index (χ3n) is 9.66. The first-order valence-corrected chi connectivity index (χ1v) is 12.2. The molecular weight excluding hydrogens is 435 g/mol. The molecule has 0 aromatic rings. The molecule has 4 saturated carbocycles. The van der Waals surface area contributed by atoms with E-state index < -0.39 is 5.60 Å². The smallest absolute Gasteiger partial charge is 0.146 e. The summed E-state index contributed by atoms with van der Waals surface area (Å²) in [6.45, 7) is 8.88. The van der Waals surface area contributed by atoms with Gasteiger partial charge in [0.15, 0.2) is 0 Å². The molecule has 0 aromatic heterocycles. The number of carbonyl (C=O) groups excluding carboxylic acids is 1. The molecule has 4 aliphatic rings. The number of hydrogen-bond acceptors (Lipinski definition) is 2. The maximum Gasteiger partial charge on any atom is 0.146 e. The first-order valence-electron chi connectivity index (χ1n) is 10.7. The molecule has 0 aliphatic heterocycles. The van der Waals surface area contributed by atoms with Crippen molar-refractivity contribution in [3.63, 3.8) is 0 Å². The Morgan fingerprint density at radius 3 is 2.50 bits per heavy atom. The van der Waals surface area contributed by atoms with Gasteiger partial charge in [-0.3, -0.25) is 4.79 Å². The Labute approximate surface area is 172 Å². The van der Waals surface area contributed by atoms with Crippen molar-refractivity contribution in [3.8, 4) is 0 Å². The average molecular weight is 470 g/mol. The van der Waals surface area contributed by atoms with Gasteiger partial charge in [0.05, 0.1) is 10.0 Å². The quantitative estimate of drug-likeness (QED) is 0.333. The zero-order chi connectivity index (χ0) is 18.7. The third kappa shape index (κ3) is 2.69. The first kappa shape index (κ1) is 19.4. The second-order valence-corrected chi connectivity index (χ2v) is 11.2. The van der Waals surface area contributed by atoms with E-state index in [0.717, 1.165) is 43.4 Å². The van der Waals surface area contributed by atoms with Crippen molar-refractivity contribution in [2.75, 3.05) is 4.43 Å². The van der Waals surface area contributed by atoms with E-state index in [-0.39, 0.29) is 5.41 Å². The molecule has 3 heteroatoms. The predicted molar refractivity (Wildman–Crippen MR) is 114 cm³/mol. The van der Waals surface area contributed by atoms with E-state index in [0.29, 0.717) is 27.5 Å². The molecule has 4 aliphatic carbocycles. The van der Waals surface area contributed by atoms with Crippen molar-refractivity contribution < 1.29 is 9.90 Å². The zero-order valence-electron chi connectivity index (χ0n) is 16.5. The van der Waals surface area contributed by atoms with Crippen molar-refractivity contribution in [2.24, 2.45) is 40.4 Å². The average Bonchev–Trinajstić information content (AvgIpc) is 2.99. The summed E-state index contributed by atoms with van der Waals surface area (Å²) in [5, 5.41) is 10.8. The molecule has 0 heterocycles. The van der Waals surface area contributed by atoms with Crippen molar-refractivity contribution in [3.05, 3.63) is 12.7 Å². The van der Waals surface area contributed by atoms with E-state index >= 15 is 0 Å². The number of ketones is 1. The molecule has 4 fully saturated rings. The third-order valence-corrected chi connectivity index (χ3v) is 10.4. The van der Waals surface area contributed by atoms with Gasteiger partial charge in [-0.2, -0.15) is 0 Å². The van der Waals surface area contributed by atoms with Crippen LogP contribution in [0.2, 0.25) is 0 Å². The lowest BCUT2D eigenvalue weighted by atomic mass is 9.44. The van der Waals surface area contributed by atoms with Crippen molar-refractivity contribution in [1.82, 2.24) is 0 Å². The van der Waals surface area contributed by atoms with E-state index in [1.54, 1.807) is 6.08 Å². The van der Waals surface area contributed by atoms with Gasteiger partial charge in [0, 0.05) is 5.92 Å². The molecule has 0 saturated heterocycles. The number of halogens is 1. The molecule has 0 radical (unpaired) electrons. The van der Waals surface area contributed by atoms with Crippen molar-refractivity contribution in [2.45, 2.75) is 77.2 Å². The minimum Gasteiger partial charge on any atom is -0.386 e. The van der Waals surface area contributed by atoms with E-state index in [9.17, 15) is 9.90 Å². The Kier molecular flexibility index (Phi) is 4.91. The molecule has 0 unspecified atom stereocenters. The largest absolute Gasteiger partial charge is 0.386 e. The molecule has 146 valence electrons. The van der Waals surface area contributed by atoms with E-state index in [4.69, 9.17) is 0 Å². The monoisotopic (exact) mass is 470 g/mol. The van der Waals surface area contributed by atoms with E-state index in [2.05, 4.69) is 43.0 Å². The number of hydrogen-bond donors (Lipinski definition) is 1. The summed E-state index contributed by atoms with van der Waals surface area (Å²) in [5.74, 6) is 3.80. The van der Waals surface area contributed by atoms with Gasteiger partial charge in [-0.05, 0) is 92.3 Å². The highest BCUT2D eigenvalue weighted by molar-refractivity contribution is 14.1. The van der Waals surface area contributed by atoms with Crippen LogP contribution in [0.1, 0.15) is 71.6 Å². The van der Waals surface area contributed by atoms with Crippen LogP contribution >= 0.6 is 22.6 Å². The summed E-state index contributed by atoms with van der Waals surface area (Å²) >= 11 is 2.26. The van der Waals surface area contributed by atoms with Crippen LogP contribution in [0.25, 0.3) is 0 Å². The molecule has 8 atom stereocenters. The fraction of sp³-hybridized carbons (Fsp3) is 0.870. The van der Waals surface area contributed by atoms with Gasteiger partial charge in [0.1, 0.15) is 5.78 Å². The molecule has 0 bridgehead atoms. The minimum atomic E-state index is -0.634. The van der Waals surface area contributed by atoms with E-state index in [1.807, 2.05) is 0 Å².